The lowest BCUT2D eigenvalue weighted by molar-refractivity contribution is -0.118. The van der Waals surface area contributed by atoms with Gasteiger partial charge in [-0.1, -0.05) is 58.4 Å². The zero-order chi connectivity index (χ0) is 16.0. The molecular formula is C20H16BrNO. The fourth-order valence-electron chi connectivity index (χ4n) is 3.50. The highest BCUT2D eigenvalue weighted by atomic mass is 79.9. The van der Waals surface area contributed by atoms with Gasteiger partial charge in [0.25, 0.3) is 0 Å². The predicted molar refractivity (Wildman–Crippen MR) is 98.0 cm³/mol. The van der Waals surface area contributed by atoms with Crippen LogP contribution in [-0.2, 0) is 4.79 Å². The third-order valence-electron chi connectivity index (χ3n) is 4.66. The second-order valence-electron chi connectivity index (χ2n) is 5.98. The van der Waals surface area contributed by atoms with E-state index in [2.05, 4.69) is 64.5 Å². The minimum atomic E-state index is 0.0947. The summed E-state index contributed by atoms with van der Waals surface area (Å²) >= 11 is 3.55. The maximum absolute atomic E-state index is 12.5. The molecule has 2 nitrogen and oxygen atoms in total. The van der Waals surface area contributed by atoms with Crippen LogP contribution in [0.1, 0.15) is 23.5 Å². The molecule has 0 saturated carbocycles. The largest absolute Gasteiger partial charge is 0.315 e. The Kier molecular flexibility index (Phi) is 3.46. The maximum Gasteiger partial charge on any atom is 0.227 e. The molecule has 0 radical (unpaired) electrons. The molecule has 1 atom stereocenters. The number of carbonyl (C=O) groups excluding carboxylic acids is 1. The molecule has 0 spiro atoms. The van der Waals surface area contributed by atoms with Gasteiger partial charge in [0.1, 0.15) is 0 Å². The first-order valence-corrected chi connectivity index (χ1v) is 8.48. The van der Waals surface area contributed by atoms with Gasteiger partial charge in [-0.05, 0) is 40.1 Å². The van der Waals surface area contributed by atoms with Crippen molar-refractivity contribution in [3.8, 4) is 0 Å². The number of halogens is 1. The molecule has 114 valence electrons. The van der Waals surface area contributed by atoms with Crippen LogP contribution < -0.4 is 4.90 Å². The highest BCUT2D eigenvalue weighted by Crippen LogP contribution is 2.43. The van der Waals surface area contributed by atoms with Gasteiger partial charge in [0.05, 0.1) is 0 Å². The fraction of sp³-hybridized carbons (Fsp3) is 0.150. The molecule has 0 aromatic heterocycles. The van der Waals surface area contributed by atoms with E-state index in [1.54, 1.807) is 4.90 Å². The van der Waals surface area contributed by atoms with Crippen molar-refractivity contribution in [1.29, 1.82) is 0 Å². The minimum absolute atomic E-state index is 0.0947. The van der Waals surface area contributed by atoms with Crippen molar-refractivity contribution < 1.29 is 4.79 Å². The molecule has 4 rings (SSSR count). The van der Waals surface area contributed by atoms with E-state index in [-0.39, 0.29) is 11.8 Å². The van der Waals surface area contributed by atoms with Crippen molar-refractivity contribution in [3.05, 3.63) is 76.3 Å². The average Bonchev–Trinajstić information content (AvgIpc) is 2.57. The standard InChI is InChI=1S/C20H16BrNO/c1-22-18-10-9-13-5-2-3-8-16(13)20(18)17(12-19(22)23)14-6-4-7-15(21)11-14/h2-11,17H,12H2,1H3. The Morgan fingerprint density at radius 2 is 1.87 bits per heavy atom. The Labute approximate surface area is 143 Å². The number of amides is 1. The Hall–Kier alpha value is -2.13. The van der Waals surface area contributed by atoms with E-state index in [0.717, 1.165) is 10.2 Å². The first-order valence-electron chi connectivity index (χ1n) is 7.69. The van der Waals surface area contributed by atoms with E-state index >= 15 is 0 Å². The Morgan fingerprint density at radius 3 is 2.70 bits per heavy atom. The summed E-state index contributed by atoms with van der Waals surface area (Å²) in [5.41, 5.74) is 3.45. The molecule has 3 aromatic rings. The first-order chi connectivity index (χ1) is 11.1. The second-order valence-corrected chi connectivity index (χ2v) is 6.90. The number of carbonyl (C=O) groups is 1. The van der Waals surface area contributed by atoms with Gasteiger partial charge in [-0.25, -0.2) is 0 Å². The summed E-state index contributed by atoms with van der Waals surface area (Å²) in [7, 11) is 1.87. The van der Waals surface area contributed by atoms with Crippen LogP contribution in [0.3, 0.4) is 0 Å². The van der Waals surface area contributed by atoms with Gasteiger partial charge in [0.2, 0.25) is 5.91 Å². The molecule has 3 heteroatoms. The number of nitrogens with zero attached hydrogens (tertiary/aromatic N) is 1. The zero-order valence-electron chi connectivity index (χ0n) is 12.8. The summed E-state index contributed by atoms with van der Waals surface area (Å²) in [6.07, 6.45) is 0.508. The lowest BCUT2D eigenvalue weighted by Gasteiger charge is -2.33. The van der Waals surface area contributed by atoms with Crippen LogP contribution in [0, 0.1) is 0 Å². The summed E-state index contributed by atoms with van der Waals surface area (Å²) < 4.78 is 1.04. The summed E-state index contributed by atoms with van der Waals surface area (Å²) in [4.78, 5) is 14.3. The van der Waals surface area contributed by atoms with Gasteiger partial charge in [-0.2, -0.15) is 0 Å². The molecule has 1 heterocycles. The molecular weight excluding hydrogens is 350 g/mol. The van der Waals surface area contributed by atoms with Crippen LogP contribution in [0.15, 0.2) is 65.1 Å². The number of hydrogen-bond acceptors (Lipinski definition) is 1. The van der Waals surface area contributed by atoms with E-state index < -0.39 is 0 Å². The second kappa shape index (κ2) is 5.50. The number of hydrogen-bond donors (Lipinski definition) is 0. The van der Waals surface area contributed by atoms with Crippen LogP contribution in [0.25, 0.3) is 10.8 Å². The van der Waals surface area contributed by atoms with Crippen molar-refractivity contribution in [3.63, 3.8) is 0 Å². The van der Waals surface area contributed by atoms with Crippen molar-refractivity contribution in [2.24, 2.45) is 0 Å². The Morgan fingerprint density at radius 1 is 1.04 bits per heavy atom. The Bertz CT molecular complexity index is 918. The molecule has 23 heavy (non-hydrogen) atoms. The van der Waals surface area contributed by atoms with Crippen LogP contribution >= 0.6 is 15.9 Å². The third kappa shape index (κ3) is 2.36. The molecule has 0 N–H and O–H groups in total. The van der Waals surface area contributed by atoms with Gasteiger partial charge in [-0.15, -0.1) is 0 Å². The van der Waals surface area contributed by atoms with Crippen molar-refractivity contribution >= 4 is 38.3 Å². The van der Waals surface area contributed by atoms with Gasteiger partial charge >= 0.3 is 0 Å². The zero-order valence-corrected chi connectivity index (χ0v) is 14.4. The lowest BCUT2D eigenvalue weighted by atomic mass is 9.81. The van der Waals surface area contributed by atoms with Crippen molar-refractivity contribution in [1.82, 2.24) is 0 Å². The third-order valence-corrected chi connectivity index (χ3v) is 5.15. The molecule has 3 aromatic carbocycles. The topological polar surface area (TPSA) is 20.3 Å². The van der Waals surface area contributed by atoms with E-state index in [4.69, 9.17) is 0 Å². The maximum atomic E-state index is 12.5. The highest BCUT2D eigenvalue weighted by molar-refractivity contribution is 9.10. The lowest BCUT2D eigenvalue weighted by Crippen LogP contribution is -2.33. The van der Waals surface area contributed by atoms with Crippen LogP contribution in [0.4, 0.5) is 5.69 Å². The van der Waals surface area contributed by atoms with Gasteiger partial charge < -0.3 is 4.90 Å². The summed E-state index contributed by atoms with van der Waals surface area (Å²) in [6.45, 7) is 0. The normalized spacial score (nSPS) is 17.4. The fourth-order valence-corrected chi connectivity index (χ4v) is 3.92. The first kappa shape index (κ1) is 14.5. The molecule has 0 saturated heterocycles. The SMILES string of the molecule is CN1C(=O)CC(c2cccc(Br)c2)c2c1ccc1ccccc21. The van der Waals surface area contributed by atoms with Gasteiger partial charge in [-0.3, -0.25) is 4.79 Å². The summed E-state index contributed by atoms with van der Waals surface area (Å²) in [6, 6.07) is 20.9. The average molecular weight is 366 g/mol. The minimum Gasteiger partial charge on any atom is -0.315 e. The molecule has 1 unspecified atom stereocenters. The van der Waals surface area contributed by atoms with E-state index in [1.165, 1.54) is 21.9 Å². The van der Waals surface area contributed by atoms with Crippen molar-refractivity contribution in [2.75, 3.05) is 11.9 Å². The molecule has 0 fully saturated rings. The van der Waals surface area contributed by atoms with Crippen LogP contribution in [0.2, 0.25) is 0 Å². The summed E-state index contributed by atoms with van der Waals surface area (Å²) in [5, 5.41) is 2.45. The number of benzene rings is 3. The Balaban J connectivity index is 2.02. The summed E-state index contributed by atoms with van der Waals surface area (Å²) in [5.74, 6) is 0.259. The molecule has 1 amide bonds. The number of rotatable bonds is 1. The smallest absolute Gasteiger partial charge is 0.227 e. The molecule has 1 aliphatic heterocycles. The van der Waals surface area contributed by atoms with E-state index in [9.17, 15) is 4.79 Å². The van der Waals surface area contributed by atoms with Crippen LogP contribution in [-0.4, -0.2) is 13.0 Å². The number of anilines is 1. The molecule has 1 aliphatic rings. The van der Waals surface area contributed by atoms with Crippen molar-refractivity contribution in [2.45, 2.75) is 12.3 Å². The quantitative estimate of drug-likeness (QED) is 0.587. The van der Waals surface area contributed by atoms with E-state index in [1.807, 2.05) is 19.2 Å². The highest BCUT2D eigenvalue weighted by Gasteiger charge is 2.31. The molecule has 0 aliphatic carbocycles. The van der Waals surface area contributed by atoms with Crippen LogP contribution in [0.5, 0.6) is 0 Å². The van der Waals surface area contributed by atoms with E-state index in [0.29, 0.717) is 6.42 Å². The predicted octanol–water partition coefficient (Wildman–Crippen LogP) is 5.10. The number of fused-ring (bicyclic) bond motifs is 3. The molecule has 0 bridgehead atoms. The van der Waals surface area contributed by atoms with Gasteiger partial charge in [0, 0.05) is 29.5 Å². The monoisotopic (exact) mass is 365 g/mol. The van der Waals surface area contributed by atoms with Gasteiger partial charge in [0.15, 0.2) is 0 Å².